The van der Waals surface area contributed by atoms with Gasteiger partial charge in [-0.1, -0.05) is 42.1 Å². The molecule has 2 aromatic rings. The summed E-state index contributed by atoms with van der Waals surface area (Å²) >= 11 is 5.09. The Balaban J connectivity index is 1.67. The van der Waals surface area contributed by atoms with Gasteiger partial charge in [0.25, 0.3) is 5.91 Å². The highest BCUT2D eigenvalue weighted by molar-refractivity contribution is 9.10. The number of thioether (sulfide) groups is 1. The Hall–Kier alpha value is -1.53. The number of rotatable bonds is 3. The standard InChI is InChI=1S/C15H13BrN2O2S/c16-14-11-4-2-1-3-10(11)5-6-12(14)20-9-13(19)18-15-17-7-8-21-15/h1-6H,7-9H2,(H,17,18,19). The number of amidine groups is 1. The van der Waals surface area contributed by atoms with Gasteiger partial charge in [-0.2, -0.15) is 0 Å². The second-order valence-electron chi connectivity index (χ2n) is 4.47. The van der Waals surface area contributed by atoms with Crippen molar-refractivity contribution in [2.24, 2.45) is 4.99 Å². The summed E-state index contributed by atoms with van der Waals surface area (Å²) in [6, 6.07) is 11.8. The molecule has 1 heterocycles. The van der Waals surface area contributed by atoms with Crippen LogP contribution < -0.4 is 10.1 Å². The Morgan fingerprint density at radius 3 is 3.00 bits per heavy atom. The fourth-order valence-electron chi connectivity index (χ4n) is 2.03. The molecule has 4 nitrogen and oxygen atoms in total. The summed E-state index contributed by atoms with van der Waals surface area (Å²) in [7, 11) is 0. The molecule has 1 N–H and O–H groups in total. The van der Waals surface area contributed by atoms with Gasteiger partial charge in [0.1, 0.15) is 5.75 Å². The Morgan fingerprint density at radius 2 is 2.19 bits per heavy atom. The van der Waals surface area contributed by atoms with Crippen molar-refractivity contribution in [3.63, 3.8) is 0 Å². The zero-order chi connectivity index (χ0) is 14.7. The van der Waals surface area contributed by atoms with Gasteiger partial charge in [0.05, 0.1) is 11.0 Å². The van der Waals surface area contributed by atoms with E-state index >= 15 is 0 Å². The predicted octanol–water partition coefficient (Wildman–Crippen LogP) is 3.20. The molecule has 6 heteroatoms. The van der Waals surface area contributed by atoms with E-state index in [4.69, 9.17) is 4.74 Å². The number of fused-ring (bicyclic) bond motifs is 1. The first kappa shape index (κ1) is 14.4. The molecule has 108 valence electrons. The minimum atomic E-state index is -0.191. The molecular formula is C15H13BrN2O2S. The summed E-state index contributed by atoms with van der Waals surface area (Å²) in [5, 5.41) is 5.61. The van der Waals surface area contributed by atoms with Crippen LogP contribution in [-0.2, 0) is 4.79 Å². The third-order valence-corrected chi connectivity index (χ3v) is 4.73. The largest absolute Gasteiger partial charge is 0.483 e. The second kappa shape index (κ2) is 6.49. The van der Waals surface area contributed by atoms with E-state index in [1.165, 1.54) is 0 Å². The quantitative estimate of drug-likeness (QED) is 0.909. The van der Waals surface area contributed by atoms with Gasteiger partial charge >= 0.3 is 0 Å². The summed E-state index contributed by atoms with van der Waals surface area (Å²) < 4.78 is 6.46. The van der Waals surface area contributed by atoms with Crippen molar-refractivity contribution < 1.29 is 9.53 Å². The highest BCUT2D eigenvalue weighted by Gasteiger charge is 2.12. The van der Waals surface area contributed by atoms with Crippen LogP contribution in [0.2, 0.25) is 0 Å². The van der Waals surface area contributed by atoms with Crippen LogP contribution in [0, 0.1) is 0 Å². The van der Waals surface area contributed by atoms with E-state index in [-0.39, 0.29) is 12.5 Å². The molecule has 0 radical (unpaired) electrons. The number of carbonyl (C=O) groups is 1. The van der Waals surface area contributed by atoms with Crippen LogP contribution in [0.3, 0.4) is 0 Å². The molecule has 0 aliphatic carbocycles. The van der Waals surface area contributed by atoms with Crippen LogP contribution in [0.25, 0.3) is 10.8 Å². The normalized spacial score (nSPS) is 14.0. The summed E-state index contributed by atoms with van der Waals surface area (Å²) in [5.41, 5.74) is 0. The van der Waals surface area contributed by atoms with Crippen molar-refractivity contribution in [1.82, 2.24) is 5.32 Å². The Bertz CT molecular complexity index is 718. The van der Waals surface area contributed by atoms with Crippen LogP contribution in [0.5, 0.6) is 5.75 Å². The summed E-state index contributed by atoms with van der Waals surface area (Å²) in [6.45, 7) is 0.730. The number of hydrogen-bond acceptors (Lipinski definition) is 4. The number of ether oxygens (including phenoxy) is 1. The topological polar surface area (TPSA) is 50.7 Å². The molecule has 0 unspecified atom stereocenters. The molecule has 0 bridgehead atoms. The van der Waals surface area contributed by atoms with E-state index in [1.807, 2.05) is 36.4 Å². The summed E-state index contributed by atoms with van der Waals surface area (Å²) in [4.78, 5) is 16.0. The second-order valence-corrected chi connectivity index (χ2v) is 6.35. The number of carbonyl (C=O) groups excluding carboxylic acids is 1. The summed E-state index contributed by atoms with van der Waals surface area (Å²) in [6.07, 6.45) is 0. The van der Waals surface area contributed by atoms with Gasteiger partial charge in [0, 0.05) is 5.75 Å². The minimum Gasteiger partial charge on any atom is -0.483 e. The Kier molecular flexibility index (Phi) is 4.45. The lowest BCUT2D eigenvalue weighted by Crippen LogP contribution is -2.32. The lowest BCUT2D eigenvalue weighted by molar-refractivity contribution is -0.121. The van der Waals surface area contributed by atoms with Crippen molar-refractivity contribution in [1.29, 1.82) is 0 Å². The number of benzene rings is 2. The van der Waals surface area contributed by atoms with Crippen LogP contribution in [0.4, 0.5) is 0 Å². The molecule has 0 spiro atoms. The number of hydrogen-bond donors (Lipinski definition) is 1. The highest BCUT2D eigenvalue weighted by Crippen LogP contribution is 2.32. The first-order chi connectivity index (χ1) is 10.2. The van der Waals surface area contributed by atoms with Crippen LogP contribution >= 0.6 is 27.7 Å². The van der Waals surface area contributed by atoms with E-state index in [1.54, 1.807) is 11.8 Å². The van der Waals surface area contributed by atoms with Crippen molar-refractivity contribution in [2.75, 3.05) is 18.9 Å². The molecule has 0 saturated heterocycles. The lowest BCUT2D eigenvalue weighted by atomic mass is 10.1. The van der Waals surface area contributed by atoms with Gasteiger partial charge in [0.2, 0.25) is 0 Å². The lowest BCUT2D eigenvalue weighted by Gasteiger charge is -2.10. The SMILES string of the molecule is O=C(COc1ccc2ccccc2c1Br)NC1=NCCS1. The van der Waals surface area contributed by atoms with E-state index in [0.29, 0.717) is 10.9 Å². The third-order valence-electron chi connectivity index (χ3n) is 3.02. The maximum atomic E-state index is 11.8. The predicted molar refractivity (Wildman–Crippen MR) is 90.0 cm³/mol. The van der Waals surface area contributed by atoms with Crippen molar-refractivity contribution in [3.8, 4) is 5.75 Å². The monoisotopic (exact) mass is 364 g/mol. The van der Waals surface area contributed by atoms with Gasteiger partial charge in [-0.25, -0.2) is 0 Å². The fraction of sp³-hybridized carbons (Fsp3) is 0.200. The van der Waals surface area contributed by atoms with E-state index in [9.17, 15) is 4.79 Å². The summed E-state index contributed by atoms with van der Waals surface area (Å²) in [5.74, 6) is 1.39. The average Bonchev–Trinajstić information content (AvgIpc) is 3.00. The number of nitrogens with zero attached hydrogens (tertiary/aromatic N) is 1. The molecule has 0 fully saturated rings. The minimum absolute atomic E-state index is 0.0312. The van der Waals surface area contributed by atoms with Gasteiger partial charge in [-0.05, 0) is 32.8 Å². The van der Waals surface area contributed by atoms with E-state index in [2.05, 4.69) is 26.2 Å². The number of aliphatic imine (C=N–C) groups is 1. The van der Waals surface area contributed by atoms with Crippen LogP contribution in [0.15, 0.2) is 45.9 Å². The number of amides is 1. The Morgan fingerprint density at radius 1 is 1.33 bits per heavy atom. The molecule has 3 rings (SSSR count). The van der Waals surface area contributed by atoms with Crippen molar-refractivity contribution >= 4 is 49.5 Å². The molecule has 0 saturated carbocycles. The molecule has 1 amide bonds. The third kappa shape index (κ3) is 3.39. The molecule has 0 aromatic heterocycles. The fourth-order valence-corrected chi connectivity index (χ4v) is 3.39. The van der Waals surface area contributed by atoms with Gasteiger partial charge in [0.15, 0.2) is 11.8 Å². The van der Waals surface area contributed by atoms with Crippen molar-refractivity contribution in [3.05, 3.63) is 40.9 Å². The molecule has 0 atom stereocenters. The highest BCUT2D eigenvalue weighted by atomic mass is 79.9. The molecular weight excluding hydrogens is 352 g/mol. The molecule has 1 aliphatic heterocycles. The maximum Gasteiger partial charge on any atom is 0.263 e. The number of nitrogens with one attached hydrogen (secondary N) is 1. The van der Waals surface area contributed by atoms with Gasteiger partial charge in [-0.3, -0.25) is 9.79 Å². The average molecular weight is 365 g/mol. The van der Waals surface area contributed by atoms with Gasteiger partial charge < -0.3 is 10.1 Å². The molecule has 21 heavy (non-hydrogen) atoms. The van der Waals surface area contributed by atoms with Crippen molar-refractivity contribution in [2.45, 2.75) is 0 Å². The van der Waals surface area contributed by atoms with Crippen LogP contribution in [0.1, 0.15) is 0 Å². The first-order valence-corrected chi connectivity index (χ1v) is 8.29. The smallest absolute Gasteiger partial charge is 0.263 e. The first-order valence-electron chi connectivity index (χ1n) is 6.51. The zero-order valence-electron chi connectivity index (χ0n) is 11.1. The molecule has 2 aromatic carbocycles. The van der Waals surface area contributed by atoms with Crippen LogP contribution in [-0.4, -0.2) is 30.0 Å². The number of halogens is 1. The Labute approximate surface area is 135 Å². The van der Waals surface area contributed by atoms with E-state index < -0.39 is 0 Å². The zero-order valence-corrected chi connectivity index (χ0v) is 13.5. The maximum absolute atomic E-state index is 11.8. The van der Waals surface area contributed by atoms with E-state index in [0.717, 1.165) is 27.5 Å². The van der Waals surface area contributed by atoms with Gasteiger partial charge in [-0.15, -0.1) is 0 Å². The molecule has 1 aliphatic rings.